The Balaban J connectivity index is 1.57. The van der Waals surface area contributed by atoms with Crippen molar-refractivity contribution in [2.24, 2.45) is 5.41 Å². The number of anilines is 1. The number of nitrogens with one attached hydrogen (secondary N) is 3. The van der Waals surface area contributed by atoms with E-state index in [1.165, 1.54) is 17.3 Å². The lowest BCUT2D eigenvalue weighted by Crippen LogP contribution is -2.38. The monoisotopic (exact) mass is 311 g/mol. The average molecular weight is 311 g/mol. The van der Waals surface area contributed by atoms with E-state index in [0.29, 0.717) is 17.8 Å². The summed E-state index contributed by atoms with van der Waals surface area (Å²) in [5.74, 6) is 0. The third-order valence-electron chi connectivity index (χ3n) is 4.38. The van der Waals surface area contributed by atoms with Crippen molar-refractivity contribution >= 4 is 11.7 Å². The summed E-state index contributed by atoms with van der Waals surface area (Å²) in [6.07, 6.45) is 3.45. The molecule has 5 nitrogen and oxygen atoms in total. The van der Waals surface area contributed by atoms with Crippen molar-refractivity contribution in [2.75, 3.05) is 11.9 Å². The highest BCUT2D eigenvalue weighted by Crippen LogP contribution is 2.35. The van der Waals surface area contributed by atoms with E-state index >= 15 is 0 Å². The van der Waals surface area contributed by atoms with Crippen molar-refractivity contribution < 1.29 is 4.79 Å². The van der Waals surface area contributed by atoms with E-state index in [0.717, 1.165) is 12.8 Å². The van der Waals surface area contributed by atoms with Crippen molar-refractivity contribution in [1.82, 2.24) is 10.3 Å². The smallest absolute Gasteiger partial charge is 0.319 e. The molecule has 0 fully saturated rings. The van der Waals surface area contributed by atoms with Gasteiger partial charge in [-0.05, 0) is 42.4 Å². The molecular formula is C18H21N3O2. The first-order valence-corrected chi connectivity index (χ1v) is 7.76. The second-order valence-electron chi connectivity index (χ2n) is 6.64. The molecule has 0 saturated carbocycles. The number of aromatic amines is 1. The quantitative estimate of drug-likeness (QED) is 0.815. The second-order valence-corrected chi connectivity index (χ2v) is 6.64. The van der Waals surface area contributed by atoms with Gasteiger partial charge in [0.05, 0.1) is 5.69 Å². The van der Waals surface area contributed by atoms with Gasteiger partial charge in [0, 0.05) is 18.3 Å². The van der Waals surface area contributed by atoms with Gasteiger partial charge in [-0.1, -0.05) is 31.2 Å². The maximum atomic E-state index is 12.1. The Bertz CT molecular complexity index is 770. The standard InChI is InChI=1S/C18H21N3O2/c1-12-7-15(10-19-16(12)22)21-17(23)20-11-18(2)8-13-5-3-4-6-14(13)9-18/h3-7,10H,8-9,11H2,1-2H3,(H,19,22)(H2,20,21,23). The maximum absolute atomic E-state index is 12.1. The van der Waals surface area contributed by atoms with Crippen molar-refractivity contribution in [2.45, 2.75) is 26.7 Å². The minimum atomic E-state index is -0.256. The van der Waals surface area contributed by atoms with Crippen molar-refractivity contribution in [3.8, 4) is 0 Å². The molecule has 5 heteroatoms. The molecule has 3 N–H and O–H groups in total. The van der Waals surface area contributed by atoms with Crippen molar-refractivity contribution in [3.63, 3.8) is 0 Å². The Morgan fingerprint density at radius 1 is 1.26 bits per heavy atom. The molecule has 120 valence electrons. The summed E-state index contributed by atoms with van der Waals surface area (Å²) >= 11 is 0. The van der Waals surface area contributed by atoms with Gasteiger partial charge in [-0.15, -0.1) is 0 Å². The fraction of sp³-hybridized carbons (Fsp3) is 0.333. The normalized spacial score (nSPS) is 15.0. The molecule has 1 aromatic carbocycles. The van der Waals surface area contributed by atoms with E-state index in [-0.39, 0.29) is 17.0 Å². The largest absolute Gasteiger partial charge is 0.337 e. The molecule has 0 atom stereocenters. The lowest BCUT2D eigenvalue weighted by Gasteiger charge is -2.24. The van der Waals surface area contributed by atoms with Crippen LogP contribution in [0.2, 0.25) is 0 Å². The summed E-state index contributed by atoms with van der Waals surface area (Å²) < 4.78 is 0. The number of rotatable bonds is 3. The summed E-state index contributed by atoms with van der Waals surface area (Å²) in [4.78, 5) is 26.0. The minimum absolute atomic E-state index is 0.0436. The van der Waals surface area contributed by atoms with Crippen LogP contribution in [0.25, 0.3) is 0 Å². The minimum Gasteiger partial charge on any atom is -0.337 e. The van der Waals surface area contributed by atoms with Gasteiger partial charge >= 0.3 is 6.03 Å². The van der Waals surface area contributed by atoms with Gasteiger partial charge in [-0.3, -0.25) is 4.79 Å². The van der Waals surface area contributed by atoms with Gasteiger partial charge in [0.25, 0.3) is 5.56 Å². The number of benzene rings is 1. The topological polar surface area (TPSA) is 74.0 Å². The Hall–Kier alpha value is -2.56. The third-order valence-corrected chi connectivity index (χ3v) is 4.38. The summed E-state index contributed by atoms with van der Waals surface area (Å²) in [5.41, 5.74) is 3.79. The van der Waals surface area contributed by atoms with E-state index in [9.17, 15) is 9.59 Å². The Labute approximate surface area is 135 Å². The van der Waals surface area contributed by atoms with Crippen LogP contribution in [-0.2, 0) is 12.8 Å². The van der Waals surface area contributed by atoms with Gasteiger partial charge in [0.15, 0.2) is 0 Å². The Kier molecular flexibility index (Phi) is 3.94. The van der Waals surface area contributed by atoms with Gasteiger partial charge in [0.1, 0.15) is 0 Å². The fourth-order valence-electron chi connectivity index (χ4n) is 3.15. The summed E-state index contributed by atoms with van der Waals surface area (Å²) in [6.45, 7) is 4.51. The molecule has 0 saturated heterocycles. The van der Waals surface area contributed by atoms with Gasteiger partial charge in [-0.25, -0.2) is 4.79 Å². The summed E-state index contributed by atoms with van der Waals surface area (Å²) in [7, 11) is 0. The van der Waals surface area contributed by atoms with Crippen LogP contribution < -0.4 is 16.2 Å². The number of hydrogen-bond donors (Lipinski definition) is 3. The van der Waals surface area contributed by atoms with Crippen LogP contribution >= 0.6 is 0 Å². The highest BCUT2D eigenvalue weighted by atomic mass is 16.2. The summed E-state index contributed by atoms with van der Waals surface area (Å²) in [6, 6.07) is 9.83. The molecule has 23 heavy (non-hydrogen) atoms. The van der Waals surface area contributed by atoms with Gasteiger partial charge in [0.2, 0.25) is 0 Å². The Morgan fingerprint density at radius 2 is 1.91 bits per heavy atom. The molecule has 0 unspecified atom stereocenters. The third kappa shape index (κ3) is 3.44. The number of carbonyl (C=O) groups excluding carboxylic acids is 1. The predicted octanol–water partition coefficient (Wildman–Crippen LogP) is 2.61. The molecule has 1 aliphatic carbocycles. The molecule has 0 spiro atoms. The molecule has 2 amide bonds. The van der Waals surface area contributed by atoms with Crippen LogP contribution in [0, 0.1) is 12.3 Å². The predicted molar refractivity (Wildman–Crippen MR) is 90.8 cm³/mol. The number of hydrogen-bond acceptors (Lipinski definition) is 2. The van der Waals surface area contributed by atoms with Crippen LogP contribution in [-0.4, -0.2) is 17.6 Å². The summed E-state index contributed by atoms with van der Waals surface area (Å²) in [5, 5.41) is 5.69. The molecule has 1 heterocycles. The number of aryl methyl sites for hydroxylation is 1. The average Bonchev–Trinajstić information content (AvgIpc) is 2.86. The molecule has 1 aromatic heterocycles. The highest BCUT2D eigenvalue weighted by molar-refractivity contribution is 5.89. The van der Waals surface area contributed by atoms with Crippen LogP contribution in [0.4, 0.5) is 10.5 Å². The number of urea groups is 1. The number of pyridine rings is 1. The van der Waals surface area contributed by atoms with Crippen molar-refractivity contribution in [1.29, 1.82) is 0 Å². The fourth-order valence-corrected chi connectivity index (χ4v) is 3.15. The number of aromatic nitrogens is 1. The zero-order valence-corrected chi connectivity index (χ0v) is 13.4. The first kappa shape index (κ1) is 15.3. The molecule has 2 aromatic rings. The maximum Gasteiger partial charge on any atom is 0.319 e. The van der Waals surface area contributed by atoms with Gasteiger partial charge in [-0.2, -0.15) is 0 Å². The molecule has 0 radical (unpaired) electrons. The van der Waals surface area contributed by atoms with Crippen LogP contribution in [0.15, 0.2) is 41.3 Å². The molecule has 1 aliphatic rings. The highest BCUT2D eigenvalue weighted by Gasteiger charge is 2.32. The van der Waals surface area contributed by atoms with E-state index in [2.05, 4.69) is 46.8 Å². The van der Waals surface area contributed by atoms with E-state index < -0.39 is 0 Å². The first-order valence-electron chi connectivity index (χ1n) is 7.76. The molecule has 0 bridgehead atoms. The van der Waals surface area contributed by atoms with E-state index in [4.69, 9.17) is 0 Å². The number of amides is 2. The SMILES string of the molecule is Cc1cc(NC(=O)NCC2(C)Cc3ccccc3C2)c[nH]c1=O. The number of H-pyrrole nitrogens is 1. The lowest BCUT2D eigenvalue weighted by molar-refractivity contribution is 0.243. The van der Waals surface area contributed by atoms with E-state index in [1.54, 1.807) is 13.0 Å². The van der Waals surface area contributed by atoms with Gasteiger partial charge < -0.3 is 15.6 Å². The molecule has 3 rings (SSSR count). The second kappa shape index (κ2) is 5.91. The zero-order valence-electron chi connectivity index (χ0n) is 13.4. The van der Waals surface area contributed by atoms with Crippen molar-refractivity contribution in [3.05, 3.63) is 63.6 Å². The number of carbonyl (C=O) groups is 1. The first-order chi connectivity index (χ1) is 11.0. The van der Waals surface area contributed by atoms with Crippen LogP contribution in [0.1, 0.15) is 23.6 Å². The van der Waals surface area contributed by atoms with E-state index in [1.807, 2.05) is 0 Å². The molecular weight excluding hydrogens is 290 g/mol. The van der Waals surface area contributed by atoms with Crippen LogP contribution in [0.3, 0.4) is 0 Å². The Morgan fingerprint density at radius 3 is 2.52 bits per heavy atom. The zero-order chi connectivity index (χ0) is 16.4. The molecule has 0 aliphatic heterocycles. The number of fused-ring (bicyclic) bond motifs is 1. The van der Waals surface area contributed by atoms with Crippen LogP contribution in [0.5, 0.6) is 0 Å². The lowest BCUT2D eigenvalue weighted by atomic mass is 9.87.